The van der Waals surface area contributed by atoms with Crippen molar-refractivity contribution in [3.8, 4) is 45.0 Å². The second-order valence-corrected chi connectivity index (χ2v) is 7.91. The van der Waals surface area contributed by atoms with E-state index in [9.17, 15) is 5.11 Å². The van der Waals surface area contributed by atoms with Gasteiger partial charge in [0.05, 0.1) is 18.0 Å². The van der Waals surface area contributed by atoms with Gasteiger partial charge in [-0.3, -0.25) is 0 Å². The maximum Gasteiger partial charge on any atom is 0.141 e. The molecule has 5 aromatic rings. The minimum absolute atomic E-state index is 0.0118. The van der Waals surface area contributed by atoms with E-state index in [1.165, 1.54) is 0 Å². The summed E-state index contributed by atoms with van der Waals surface area (Å²) in [7, 11) is 0. The number of nitrogen functional groups attached to an aromatic ring is 1. The lowest BCUT2D eigenvalue weighted by molar-refractivity contribution is 0.277. The summed E-state index contributed by atoms with van der Waals surface area (Å²) in [4.78, 5) is 5.17. The van der Waals surface area contributed by atoms with Crippen molar-refractivity contribution >= 4 is 5.69 Å². The summed E-state index contributed by atoms with van der Waals surface area (Å²) in [6.45, 7) is 0.447. The van der Waals surface area contributed by atoms with E-state index < -0.39 is 0 Å². The molecule has 0 aliphatic rings. The van der Waals surface area contributed by atoms with Gasteiger partial charge in [0.15, 0.2) is 0 Å². The van der Waals surface area contributed by atoms with Crippen molar-refractivity contribution in [3.63, 3.8) is 0 Å². The molecule has 0 amide bonds. The molecule has 0 unspecified atom stereocenters. The van der Waals surface area contributed by atoms with Crippen molar-refractivity contribution in [1.82, 2.24) is 9.55 Å². The number of anilines is 1. The van der Waals surface area contributed by atoms with Crippen molar-refractivity contribution in [2.45, 2.75) is 6.54 Å². The van der Waals surface area contributed by atoms with Crippen LogP contribution in [0.15, 0.2) is 109 Å². The second-order valence-electron chi connectivity index (χ2n) is 7.91. The number of rotatable bonds is 6. The lowest BCUT2D eigenvalue weighted by Gasteiger charge is -2.14. The average molecular weight is 432 g/mol. The number of nitrogens with zero attached hydrogens (tertiary/aromatic N) is 2. The fraction of sp³-hybridized carbons (Fsp3) is 0.0690. The van der Waals surface area contributed by atoms with E-state index in [2.05, 4.69) is 47.0 Å². The third-order valence-electron chi connectivity index (χ3n) is 5.75. The number of benzene rings is 4. The van der Waals surface area contributed by atoms with Crippen molar-refractivity contribution in [1.29, 1.82) is 0 Å². The van der Waals surface area contributed by atoms with Crippen molar-refractivity contribution in [2.75, 3.05) is 12.3 Å². The van der Waals surface area contributed by atoms with E-state index >= 15 is 0 Å². The fourth-order valence-corrected chi connectivity index (χ4v) is 4.30. The van der Waals surface area contributed by atoms with Gasteiger partial charge in [0.25, 0.3) is 0 Å². The lowest BCUT2D eigenvalue weighted by atomic mass is 9.98. The molecular formula is C29H25N3O. The van der Waals surface area contributed by atoms with Crippen LogP contribution in [0, 0.1) is 0 Å². The van der Waals surface area contributed by atoms with Crippen LogP contribution in [0.3, 0.4) is 0 Å². The van der Waals surface area contributed by atoms with E-state index in [0.717, 1.165) is 50.7 Å². The van der Waals surface area contributed by atoms with Gasteiger partial charge in [0, 0.05) is 28.9 Å². The molecule has 162 valence electrons. The topological polar surface area (TPSA) is 64.1 Å². The summed E-state index contributed by atoms with van der Waals surface area (Å²) in [5.74, 6) is 0.819. The molecule has 5 rings (SSSR count). The normalized spacial score (nSPS) is 10.9. The number of hydrogen-bond donors (Lipinski definition) is 2. The van der Waals surface area contributed by atoms with Gasteiger partial charge in [-0.2, -0.15) is 0 Å². The SMILES string of the molecule is Nc1cccc(-c2ccccc2-c2nc(-c3ccccc3)c(-c3ccccc3)n2CCO)c1. The molecule has 0 spiro atoms. The Hall–Kier alpha value is -4.15. The molecule has 0 bridgehead atoms. The zero-order valence-corrected chi connectivity index (χ0v) is 18.2. The second kappa shape index (κ2) is 9.15. The molecule has 4 heteroatoms. The van der Waals surface area contributed by atoms with Crippen molar-refractivity contribution < 1.29 is 5.11 Å². The fourth-order valence-electron chi connectivity index (χ4n) is 4.30. The van der Waals surface area contributed by atoms with Crippen LogP contribution in [0.1, 0.15) is 0 Å². The lowest BCUT2D eigenvalue weighted by Crippen LogP contribution is -2.07. The van der Waals surface area contributed by atoms with Crippen LogP contribution in [0.5, 0.6) is 0 Å². The van der Waals surface area contributed by atoms with Crippen molar-refractivity contribution in [2.24, 2.45) is 0 Å². The first kappa shape index (κ1) is 20.7. The van der Waals surface area contributed by atoms with Crippen molar-refractivity contribution in [3.05, 3.63) is 109 Å². The molecular weight excluding hydrogens is 406 g/mol. The van der Waals surface area contributed by atoms with E-state index in [4.69, 9.17) is 10.7 Å². The third kappa shape index (κ3) is 4.04. The first-order valence-corrected chi connectivity index (χ1v) is 11.0. The highest BCUT2D eigenvalue weighted by atomic mass is 16.3. The maximum absolute atomic E-state index is 10.00. The Balaban J connectivity index is 1.81. The summed E-state index contributed by atoms with van der Waals surface area (Å²) in [5.41, 5.74) is 13.9. The molecule has 0 saturated heterocycles. The van der Waals surface area contributed by atoms with Gasteiger partial charge < -0.3 is 15.4 Å². The highest BCUT2D eigenvalue weighted by Gasteiger charge is 2.22. The average Bonchev–Trinajstić information content (AvgIpc) is 3.24. The summed E-state index contributed by atoms with van der Waals surface area (Å²) in [5, 5.41) is 10.00. The molecule has 0 saturated carbocycles. The maximum atomic E-state index is 10.00. The van der Waals surface area contributed by atoms with E-state index in [1.807, 2.05) is 66.7 Å². The van der Waals surface area contributed by atoms with Gasteiger partial charge in [-0.05, 0) is 23.3 Å². The molecule has 4 nitrogen and oxygen atoms in total. The third-order valence-corrected chi connectivity index (χ3v) is 5.75. The summed E-state index contributed by atoms with van der Waals surface area (Å²) in [6, 6.07) is 36.6. The Bertz CT molecular complexity index is 1370. The van der Waals surface area contributed by atoms with Crippen LogP contribution in [0.2, 0.25) is 0 Å². The minimum atomic E-state index is 0.0118. The Morgan fingerprint density at radius 3 is 1.94 bits per heavy atom. The number of nitrogens with two attached hydrogens (primary N) is 1. The molecule has 0 radical (unpaired) electrons. The molecule has 1 aromatic heterocycles. The summed E-state index contributed by atoms with van der Waals surface area (Å²) < 4.78 is 2.13. The van der Waals surface area contributed by atoms with Gasteiger partial charge in [0.1, 0.15) is 5.82 Å². The van der Waals surface area contributed by atoms with Gasteiger partial charge in [-0.1, -0.05) is 97.1 Å². The van der Waals surface area contributed by atoms with E-state index in [1.54, 1.807) is 0 Å². The smallest absolute Gasteiger partial charge is 0.141 e. The van der Waals surface area contributed by atoms with Gasteiger partial charge in [0.2, 0.25) is 0 Å². The van der Waals surface area contributed by atoms with Crippen LogP contribution in [-0.2, 0) is 6.54 Å². The number of aliphatic hydroxyl groups excluding tert-OH is 1. The molecule has 0 aliphatic heterocycles. The highest BCUT2D eigenvalue weighted by Crippen LogP contribution is 2.39. The number of hydrogen-bond acceptors (Lipinski definition) is 3. The largest absolute Gasteiger partial charge is 0.399 e. The van der Waals surface area contributed by atoms with Crippen LogP contribution in [0.4, 0.5) is 5.69 Å². The Morgan fingerprint density at radius 1 is 0.667 bits per heavy atom. The zero-order valence-electron chi connectivity index (χ0n) is 18.2. The van der Waals surface area contributed by atoms with Gasteiger partial charge >= 0.3 is 0 Å². The Morgan fingerprint density at radius 2 is 1.27 bits per heavy atom. The first-order valence-electron chi connectivity index (χ1n) is 11.0. The van der Waals surface area contributed by atoms with Gasteiger partial charge in [-0.25, -0.2) is 4.98 Å². The Kier molecular flexibility index (Phi) is 5.75. The first-order chi connectivity index (χ1) is 16.3. The number of aliphatic hydroxyl groups is 1. The highest BCUT2D eigenvalue weighted by molar-refractivity contribution is 5.87. The minimum Gasteiger partial charge on any atom is -0.399 e. The van der Waals surface area contributed by atoms with E-state index in [-0.39, 0.29) is 6.61 Å². The van der Waals surface area contributed by atoms with Crippen LogP contribution >= 0.6 is 0 Å². The predicted octanol–water partition coefficient (Wildman–Crippen LogP) is 6.13. The monoisotopic (exact) mass is 431 g/mol. The summed E-state index contributed by atoms with van der Waals surface area (Å²) in [6.07, 6.45) is 0. The van der Waals surface area contributed by atoms with Crippen LogP contribution in [0.25, 0.3) is 45.0 Å². The van der Waals surface area contributed by atoms with E-state index in [0.29, 0.717) is 6.54 Å². The van der Waals surface area contributed by atoms with Crippen LogP contribution in [-0.4, -0.2) is 21.3 Å². The molecule has 0 fully saturated rings. The number of imidazole rings is 1. The number of aromatic nitrogens is 2. The molecule has 1 heterocycles. The Labute approximate surface area is 193 Å². The molecule has 3 N–H and O–H groups in total. The predicted molar refractivity (Wildman–Crippen MR) is 135 cm³/mol. The van der Waals surface area contributed by atoms with Crippen LogP contribution < -0.4 is 5.73 Å². The standard InChI is InChI=1S/C29H25N3O/c30-24-15-9-14-23(20-24)25-16-7-8-17-26(25)29-31-27(21-10-3-1-4-11-21)28(32(29)18-19-33)22-12-5-2-6-13-22/h1-17,20,33H,18-19,30H2. The van der Waals surface area contributed by atoms with Gasteiger partial charge in [-0.15, -0.1) is 0 Å². The zero-order chi connectivity index (χ0) is 22.6. The molecule has 33 heavy (non-hydrogen) atoms. The summed E-state index contributed by atoms with van der Waals surface area (Å²) >= 11 is 0. The quantitative estimate of drug-likeness (QED) is 0.318. The molecule has 4 aromatic carbocycles. The molecule has 0 aliphatic carbocycles. The molecule has 0 atom stereocenters.